The third kappa shape index (κ3) is 2.35. The van der Waals surface area contributed by atoms with Gasteiger partial charge in [0, 0.05) is 6.20 Å². The van der Waals surface area contributed by atoms with Crippen LogP contribution in [-0.2, 0) is 15.4 Å². The van der Waals surface area contributed by atoms with E-state index < -0.39 is 21.3 Å². The molecule has 3 heterocycles. The summed E-state index contributed by atoms with van der Waals surface area (Å²) in [7, 11) is -3.11. The summed E-state index contributed by atoms with van der Waals surface area (Å²) in [5.41, 5.74) is -0.526. The van der Waals surface area contributed by atoms with E-state index in [4.69, 9.17) is 4.42 Å². The van der Waals surface area contributed by atoms with Crippen molar-refractivity contribution >= 4 is 15.8 Å². The second-order valence-electron chi connectivity index (χ2n) is 5.46. The zero-order chi connectivity index (χ0) is 15.3. The standard InChI is InChI=1S/C13H14N2O5S/c1-13(4-6-21(18,19)8-13)15-7-9(12(16)17)11(14-15)10-3-2-5-20-10/h2-3,5,7H,4,6,8H2,1H3,(H,16,17). The van der Waals surface area contributed by atoms with Crippen LogP contribution in [0, 0.1) is 0 Å². The van der Waals surface area contributed by atoms with Gasteiger partial charge in [0.25, 0.3) is 0 Å². The van der Waals surface area contributed by atoms with Gasteiger partial charge in [-0.3, -0.25) is 4.68 Å². The molecule has 0 amide bonds. The lowest BCUT2D eigenvalue weighted by Crippen LogP contribution is -2.31. The number of nitrogens with zero attached hydrogens (tertiary/aromatic N) is 2. The fourth-order valence-corrected chi connectivity index (χ4v) is 4.70. The van der Waals surface area contributed by atoms with Crippen LogP contribution in [0.2, 0.25) is 0 Å². The maximum absolute atomic E-state index is 11.7. The molecule has 21 heavy (non-hydrogen) atoms. The molecule has 0 aliphatic carbocycles. The van der Waals surface area contributed by atoms with Gasteiger partial charge in [-0.2, -0.15) is 5.10 Å². The van der Waals surface area contributed by atoms with Crippen molar-refractivity contribution in [2.45, 2.75) is 18.9 Å². The Kier molecular flexibility index (Phi) is 2.94. The largest absolute Gasteiger partial charge is 0.478 e. The number of hydrogen-bond acceptors (Lipinski definition) is 5. The third-order valence-corrected chi connectivity index (χ3v) is 5.62. The Bertz CT molecular complexity index is 791. The maximum atomic E-state index is 11.7. The molecule has 2 aromatic heterocycles. The molecule has 0 aromatic carbocycles. The van der Waals surface area contributed by atoms with Gasteiger partial charge in [0.05, 0.1) is 23.3 Å². The van der Waals surface area contributed by atoms with Crippen molar-refractivity contribution in [3.63, 3.8) is 0 Å². The van der Waals surface area contributed by atoms with Crippen LogP contribution in [0.5, 0.6) is 0 Å². The van der Waals surface area contributed by atoms with E-state index in [9.17, 15) is 18.3 Å². The molecule has 1 saturated heterocycles. The monoisotopic (exact) mass is 310 g/mol. The van der Waals surface area contributed by atoms with Gasteiger partial charge in [-0.25, -0.2) is 13.2 Å². The first-order chi connectivity index (χ1) is 9.81. The molecule has 7 nitrogen and oxygen atoms in total. The van der Waals surface area contributed by atoms with E-state index in [0.29, 0.717) is 12.2 Å². The first-order valence-electron chi connectivity index (χ1n) is 6.38. The van der Waals surface area contributed by atoms with Crippen molar-refractivity contribution in [2.75, 3.05) is 11.5 Å². The number of rotatable bonds is 3. The topological polar surface area (TPSA) is 102 Å². The molecule has 1 aliphatic heterocycles. The highest BCUT2D eigenvalue weighted by atomic mass is 32.2. The number of carboxylic acids is 1. The summed E-state index contributed by atoms with van der Waals surface area (Å²) in [6, 6.07) is 3.26. The molecular formula is C13H14N2O5S. The highest BCUT2D eigenvalue weighted by molar-refractivity contribution is 7.91. The summed E-state index contributed by atoms with van der Waals surface area (Å²) in [6.45, 7) is 1.77. The van der Waals surface area contributed by atoms with E-state index in [1.165, 1.54) is 17.1 Å². The molecule has 0 saturated carbocycles. The highest BCUT2D eigenvalue weighted by Gasteiger charge is 2.41. The molecule has 0 spiro atoms. The first-order valence-corrected chi connectivity index (χ1v) is 8.21. The van der Waals surface area contributed by atoms with Crippen LogP contribution in [0.4, 0.5) is 0 Å². The van der Waals surface area contributed by atoms with Crippen molar-refractivity contribution in [3.8, 4) is 11.5 Å². The van der Waals surface area contributed by atoms with Crippen LogP contribution in [0.1, 0.15) is 23.7 Å². The number of aromatic nitrogens is 2. The smallest absolute Gasteiger partial charge is 0.339 e. The Morgan fingerprint density at radius 1 is 1.52 bits per heavy atom. The fourth-order valence-electron chi connectivity index (χ4n) is 2.58. The van der Waals surface area contributed by atoms with Gasteiger partial charge in [-0.15, -0.1) is 0 Å². The van der Waals surface area contributed by atoms with Gasteiger partial charge in [0.15, 0.2) is 15.6 Å². The summed E-state index contributed by atoms with van der Waals surface area (Å²) in [6.07, 6.45) is 3.22. The molecule has 1 unspecified atom stereocenters. The third-order valence-electron chi connectivity index (χ3n) is 3.73. The van der Waals surface area contributed by atoms with Crippen molar-refractivity contribution in [3.05, 3.63) is 30.2 Å². The number of carbonyl (C=O) groups is 1. The minimum atomic E-state index is -3.11. The SMILES string of the molecule is CC1(n2cc(C(=O)O)c(-c3ccco3)n2)CCS(=O)(=O)C1. The molecule has 0 bridgehead atoms. The lowest BCUT2D eigenvalue weighted by molar-refractivity contribution is 0.0697. The number of furan rings is 1. The average Bonchev–Trinajstić information content (AvgIpc) is 3.07. The minimum absolute atomic E-state index is 0.00419. The maximum Gasteiger partial charge on any atom is 0.339 e. The Hall–Kier alpha value is -2.09. The Labute approximate surface area is 121 Å². The minimum Gasteiger partial charge on any atom is -0.478 e. The number of aromatic carboxylic acids is 1. The molecule has 1 atom stereocenters. The summed E-state index contributed by atoms with van der Waals surface area (Å²) in [5, 5.41) is 13.6. The molecule has 3 rings (SSSR count). The molecule has 0 radical (unpaired) electrons. The van der Waals surface area contributed by atoms with Gasteiger partial charge in [0.1, 0.15) is 11.3 Å². The summed E-state index contributed by atoms with van der Waals surface area (Å²) in [5.74, 6) is -0.743. The number of hydrogen-bond donors (Lipinski definition) is 1. The predicted octanol–water partition coefficient (Wildman–Crippen LogP) is 1.38. The van der Waals surface area contributed by atoms with E-state index in [2.05, 4.69) is 5.10 Å². The van der Waals surface area contributed by atoms with E-state index in [1.807, 2.05) is 0 Å². The lowest BCUT2D eigenvalue weighted by atomic mass is 10.0. The Balaban J connectivity index is 2.10. The van der Waals surface area contributed by atoms with Crippen LogP contribution >= 0.6 is 0 Å². The number of carboxylic acid groups (broad SMARTS) is 1. The van der Waals surface area contributed by atoms with Crippen molar-refractivity contribution in [1.29, 1.82) is 0 Å². The summed E-state index contributed by atoms with van der Waals surface area (Å²) in [4.78, 5) is 11.4. The highest BCUT2D eigenvalue weighted by Crippen LogP contribution is 2.32. The molecule has 112 valence electrons. The van der Waals surface area contributed by atoms with Crippen LogP contribution in [0.25, 0.3) is 11.5 Å². The van der Waals surface area contributed by atoms with Gasteiger partial charge < -0.3 is 9.52 Å². The average molecular weight is 310 g/mol. The van der Waals surface area contributed by atoms with Crippen LogP contribution < -0.4 is 0 Å². The van der Waals surface area contributed by atoms with Gasteiger partial charge in [-0.05, 0) is 25.5 Å². The zero-order valence-corrected chi connectivity index (χ0v) is 12.1. The number of sulfone groups is 1. The Morgan fingerprint density at radius 2 is 2.29 bits per heavy atom. The van der Waals surface area contributed by atoms with E-state index in [0.717, 1.165) is 0 Å². The molecule has 8 heteroatoms. The van der Waals surface area contributed by atoms with Crippen molar-refractivity contribution in [2.24, 2.45) is 0 Å². The molecule has 1 N–H and O–H groups in total. The lowest BCUT2D eigenvalue weighted by Gasteiger charge is -2.22. The second kappa shape index (κ2) is 4.45. The van der Waals surface area contributed by atoms with E-state index >= 15 is 0 Å². The molecule has 1 fully saturated rings. The molecule has 1 aliphatic rings. The van der Waals surface area contributed by atoms with Crippen LogP contribution in [0.3, 0.4) is 0 Å². The van der Waals surface area contributed by atoms with Crippen molar-refractivity contribution in [1.82, 2.24) is 9.78 Å². The summed E-state index contributed by atoms with van der Waals surface area (Å²) >= 11 is 0. The molecular weight excluding hydrogens is 296 g/mol. The van der Waals surface area contributed by atoms with Gasteiger partial charge in [0.2, 0.25) is 0 Å². The van der Waals surface area contributed by atoms with Gasteiger partial charge in [-0.1, -0.05) is 0 Å². The van der Waals surface area contributed by atoms with E-state index in [1.54, 1.807) is 19.1 Å². The van der Waals surface area contributed by atoms with Crippen LogP contribution in [-0.4, -0.2) is 40.8 Å². The summed E-state index contributed by atoms with van der Waals surface area (Å²) < 4.78 is 30.0. The van der Waals surface area contributed by atoms with E-state index in [-0.39, 0.29) is 22.8 Å². The van der Waals surface area contributed by atoms with Crippen LogP contribution in [0.15, 0.2) is 29.0 Å². The first kappa shape index (κ1) is 13.9. The fraction of sp³-hybridized carbons (Fsp3) is 0.385. The zero-order valence-electron chi connectivity index (χ0n) is 11.3. The van der Waals surface area contributed by atoms with Crippen molar-refractivity contribution < 1.29 is 22.7 Å². The van der Waals surface area contributed by atoms with Gasteiger partial charge >= 0.3 is 5.97 Å². The second-order valence-corrected chi connectivity index (χ2v) is 7.64. The predicted molar refractivity (Wildman–Crippen MR) is 73.8 cm³/mol. The quantitative estimate of drug-likeness (QED) is 0.918. The molecule has 2 aromatic rings. The normalized spacial score (nSPS) is 24.2. The Morgan fingerprint density at radius 3 is 2.81 bits per heavy atom.